The number of nitrogens with one attached hydrogen (secondary N) is 2. The first-order valence-electron chi connectivity index (χ1n) is 9.67. The molecule has 1 heterocycles. The topological polar surface area (TPSA) is 54.9 Å². The molecule has 0 bridgehead atoms. The van der Waals surface area contributed by atoms with Crippen LogP contribution in [0, 0.1) is 0 Å². The van der Waals surface area contributed by atoms with E-state index in [2.05, 4.69) is 36.2 Å². The molecular formula is C18H35N3O2S. The number of rotatable bonds is 9. The van der Waals surface area contributed by atoms with E-state index in [4.69, 9.17) is 14.5 Å². The maximum atomic E-state index is 5.91. The van der Waals surface area contributed by atoms with Crippen LogP contribution in [-0.4, -0.2) is 62.0 Å². The predicted molar refractivity (Wildman–Crippen MR) is 103 cm³/mol. The normalized spacial score (nSPS) is 25.8. The summed E-state index contributed by atoms with van der Waals surface area (Å²) in [5.41, 5.74) is 0. The Labute approximate surface area is 151 Å². The Morgan fingerprint density at radius 1 is 1.21 bits per heavy atom. The van der Waals surface area contributed by atoms with E-state index in [-0.39, 0.29) is 0 Å². The fourth-order valence-electron chi connectivity index (χ4n) is 3.32. The average Bonchev–Trinajstić information content (AvgIpc) is 3.03. The van der Waals surface area contributed by atoms with E-state index >= 15 is 0 Å². The summed E-state index contributed by atoms with van der Waals surface area (Å²) in [6.07, 6.45) is 7.28. The standard InChI is InChI=1S/C18H35N3O2S/c1-3-19-18(21-15-6-7-17(14-15)24-4-2)20-10-5-11-23-16-8-12-22-13-9-16/h15-17H,3-14H2,1-2H3,(H2,19,20,21). The summed E-state index contributed by atoms with van der Waals surface area (Å²) < 4.78 is 11.3. The molecule has 24 heavy (non-hydrogen) atoms. The van der Waals surface area contributed by atoms with Crippen molar-refractivity contribution in [1.82, 2.24) is 10.6 Å². The molecular weight excluding hydrogens is 322 g/mol. The molecule has 1 saturated carbocycles. The molecule has 0 spiro atoms. The first kappa shape index (κ1) is 19.9. The van der Waals surface area contributed by atoms with Crippen molar-refractivity contribution in [3.8, 4) is 0 Å². The van der Waals surface area contributed by atoms with E-state index in [1.807, 2.05) is 0 Å². The van der Waals surface area contributed by atoms with Gasteiger partial charge < -0.3 is 20.1 Å². The second-order valence-corrected chi connectivity index (χ2v) is 8.11. The van der Waals surface area contributed by atoms with Gasteiger partial charge in [0, 0.05) is 44.2 Å². The van der Waals surface area contributed by atoms with Gasteiger partial charge in [-0.1, -0.05) is 6.92 Å². The third-order valence-electron chi connectivity index (χ3n) is 4.57. The molecule has 2 unspecified atom stereocenters. The molecule has 1 aliphatic heterocycles. The lowest BCUT2D eigenvalue weighted by Crippen LogP contribution is -2.42. The number of ether oxygens (including phenoxy) is 2. The van der Waals surface area contributed by atoms with Crippen molar-refractivity contribution in [3.63, 3.8) is 0 Å². The Balaban J connectivity index is 1.63. The van der Waals surface area contributed by atoms with E-state index < -0.39 is 0 Å². The molecule has 2 N–H and O–H groups in total. The summed E-state index contributed by atoms with van der Waals surface area (Å²) >= 11 is 2.10. The zero-order chi connectivity index (χ0) is 17.0. The van der Waals surface area contributed by atoms with Crippen molar-refractivity contribution in [2.24, 2.45) is 4.99 Å². The van der Waals surface area contributed by atoms with Crippen LogP contribution in [0.2, 0.25) is 0 Å². The van der Waals surface area contributed by atoms with Gasteiger partial charge in [0.25, 0.3) is 0 Å². The number of guanidine groups is 1. The van der Waals surface area contributed by atoms with Gasteiger partial charge in [0.15, 0.2) is 5.96 Å². The minimum absolute atomic E-state index is 0.389. The molecule has 2 fully saturated rings. The van der Waals surface area contributed by atoms with Crippen LogP contribution < -0.4 is 10.6 Å². The van der Waals surface area contributed by atoms with Crippen LogP contribution in [0.25, 0.3) is 0 Å². The highest BCUT2D eigenvalue weighted by atomic mass is 32.2. The largest absolute Gasteiger partial charge is 0.381 e. The van der Waals surface area contributed by atoms with Crippen molar-refractivity contribution in [1.29, 1.82) is 0 Å². The highest BCUT2D eigenvalue weighted by Gasteiger charge is 2.25. The summed E-state index contributed by atoms with van der Waals surface area (Å²) in [6.45, 7) is 8.58. The number of hydrogen-bond acceptors (Lipinski definition) is 4. The lowest BCUT2D eigenvalue weighted by atomic mass is 10.1. The van der Waals surface area contributed by atoms with Crippen LogP contribution in [0.5, 0.6) is 0 Å². The lowest BCUT2D eigenvalue weighted by Gasteiger charge is -2.22. The van der Waals surface area contributed by atoms with E-state index in [9.17, 15) is 0 Å². The molecule has 0 aromatic rings. The predicted octanol–water partition coefficient (Wildman–Crippen LogP) is 2.80. The highest BCUT2D eigenvalue weighted by Crippen LogP contribution is 2.29. The molecule has 140 valence electrons. The van der Waals surface area contributed by atoms with Crippen molar-refractivity contribution in [2.75, 3.05) is 38.7 Å². The van der Waals surface area contributed by atoms with Gasteiger partial charge in [0.2, 0.25) is 0 Å². The molecule has 5 nitrogen and oxygen atoms in total. The van der Waals surface area contributed by atoms with Crippen molar-refractivity contribution < 1.29 is 9.47 Å². The number of thioether (sulfide) groups is 1. The van der Waals surface area contributed by atoms with Crippen LogP contribution >= 0.6 is 11.8 Å². The van der Waals surface area contributed by atoms with Crippen LogP contribution in [-0.2, 0) is 9.47 Å². The second kappa shape index (κ2) is 12.0. The summed E-state index contributed by atoms with van der Waals surface area (Å²) in [6, 6.07) is 0.574. The van der Waals surface area contributed by atoms with E-state index in [0.717, 1.165) is 63.4 Å². The molecule has 0 aromatic carbocycles. The smallest absolute Gasteiger partial charge is 0.191 e. The van der Waals surface area contributed by atoms with Crippen molar-refractivity contribution in [3.05, 3.63) is 0 Å². The molecule has 0 amide bonds. The molecule has 2 atom stereocenters. The Kier molecular flexibility index (Phi) is 9.92. The maximum absolute atomic E-state index is 5.91. The van der Waals surface area contributed by atoms with Gasteiger partial charge in [-0.25, -0.2) is 0 Å². The van der Waals surface area contributed by atoms with Gasteiger partial charge in [0.1, 0.15) is 0 Å². The number of nitrogens with zero attached hydrogens (tertiary/aromatic N) is 1. The Hall–Kier alpha value is -0.460. The van der Waals surface area contributed by atoms with Crippen LogP contribution in [0.15, 0.2) is 4.99 Å². The average molecular weight is 358 g/mol. The second-order valence-electron chi connectivity index (χ2n) is 6.53. The molecule has 0 aromatic heterocycles. The minimum atomic E-state index is 0.389. The Bertz CT molecular complexity index is 362. The van der Waals surface area contributed by atoms with Gasteiger partial charge in [-0.15, -0.1) is 0 Å². The first-order valence-corrected chi connectivity index (χ1v) is 10.7. The number of aliphatic imine (C=N–C) groups is 1. The maximum Gasteiger partial charge on any atom is 0.191 e. The summed E-state index contributed by atoms with van der Waals surface area (Å²) in [5.74, 6) is 2.19. The molecule has 0 radical (unpaired) electrons. The van der Waals surface area contributed by atoms with Gasteiger partial charge >= 0.3 is 0 Å². The monoisotopic (exact) mass is 357 g/mol. The fourth-order valence-corrected chi connectivity index (χ4v) is 4.46. The van der Waals surface area contributed by atoms with E-state index in [1.54, 1.807) is 0 Å². The van der Waals surface area contributed by atoms with Gasteiger partial charge in [-0.05, 0) is 51.2 Å². The summed E-state index contributed by atoms with van der Waals surface area (Å²) in [4.78, 5) is 4.71. The van der Waals surface area contributed by atoms with Gasteiger partial charge in [-0.2, -0.15) is 11.8 Å². The lowest BCUT2D eigenvalue weighted by molar-refractivity contribution is -0.0318. The van der Waals surface area contributed by atoms with Gasteiger partial charge in [0.05, 0.1) is 6.10 Å². The van der Waals surface area contributed by atoms with Crippen LogP contribution in [0.1, 0.15) is 52.4 Å². The molecule has 2 aliphatic rings. The van der Waals surface area contributed by atoms with E-state index in [1.165, 1.54) is 25.0 Å². The third-order valence-corrected chi connectivity index (χ3v) is 5.80. The molecule has 6 heteroatoms. The number of hydrogen-bond donors (Lipinski definition) is 2. The fraction of sp³-hybridized carbons (Fsp3) is 0.944. The minimum Gasteiger partial charge on any atom is -0.381 e. The van der Waals surface area contributed by atoms with Crippen molar-refractivity contribution >= 4 is 17.7 Å². The van der Waals surface area contributed by atoms with Crippen LogP contribution in [0.4, 0.5) is 0 Å². The zero-order valence-electron chi connectivity index (χ0n) is 15.4. The molecule has 1 aliphatic carbocycles. The molecule has 1 saturated heterocycles. The summed E-state index contributed by atoms with van der Waals surface area (Å²) in [7, 11) is 0. The zero-order valence-corrected chi connectivity index (χ0v) is 16.2. The van der Waals surface area contributed by atoms with Crippen molar-refractivity contribution in [2.45, 2.75) is 69.8 Å². The quantitative estimate of drug-likeness (QED) is 0.377. The van der Waals surface area contributed by atoms with Crippen LogP contribution in [0.3, 0.4) is 0 Å². The molecule has 2 rings (SSSR count). The van der Waals surface area contributed by atoms with Gasteiger partial charge in [-0.3, -0.25) is 4.99 Å². The third kappa shape index (κ3) is 7.62. The Morgan fingerprint density at radius 2 is 2.04 bits per heavy atom. The SMILES string of the molecule is CCNC(=NCCCOC1CCOCC1)NC1CCC(SCC)C1. The van der Waals surface area contributed by atoms with E-state index in [0.29, 0.717) is 12.1 Å². The highest BCUT2D eigenvalue weighted by molar-refractivity contribution is 7.99. The first-order chi connectivity index (χ1) is 11.8. The Morgan fingerprint density at radius 3 is 2.79 bits per heavy atom. The summed E-state index contributed by atoms with van der Waals surface area (Å²) in [5, 5.41) is 7.81.